The van der Waals surface area contributed by atoms with Gasteiger partial charge in [-0.15, -0.1) is 0 Å². The lowest BCUT2D eigenvalue weighted by Gasteiger charge is -2.10. The highest BCUT2D eigenvalue weighted by molar-refractivity contribution is 6.30. The van der Waals surface area contributed by atoms with Crippen LogP contribution < -0.4 is 11.3 Å². The Morgan fingerprint density at radius 2 is 1.82 bits per heavy atom. The zero-order valence-corrected chi connectivity index (χ0v) is 12.7. The van der Waals surface area contributed by atoms with Gasteiger partial charge in [-0.3, -0.25) is 4.79 Å². The second kappa shape index (κ2) is 5.66. The molecule has 1 heterocycles. The minimum atomic E-state index is -0.207. The molecule has 0 radical (unpaired) electrons. The lowest BCUT2D eigenvalue weighted by molar-refractivity contribution is 0.788. The van der Waals surface area contributed by atoms with Crippen LogP contribution in [0.5, 0.6) is 0 Å². The zero-order valence-electron chi connectivity index (χ0n) is 12.0. The molecule has 0 saturated heterocycles. The third-order valence-corrected chi connectivity index (χ3v) is 3.64. The van der Waals surface area contributed by atoms with Crippen LogP contribution in [-0.4, -0.2) is 9.78 Å². The van der Waals surface area contributed by atoms with Gasteiger partial charge in [0.1, 0.15) is 0 Å². The highest BCUT2D eigenvalue weighted by Gasteiger charge is 2.09. The molecule has 0 bridgehead atoms. The summed E-state index contributed by atoms with van der Waals surface area (Å²) in [6.07, 6.45) is 0. The maximum Gasteiger partial charge on any atom is 0.272 e. The molecule has 0 unspecified atom stereocenters. The van der Waals surface area contributed by atoms with Gasteiger partial charge in [-0.2, -0.15) is 9.78 Å². The zero-order chi connectivity index (χ0) is 15.7. The molecular formula is C17H14ClN3O. The third-order valence-electron chi connectivity index (χ3n) is 3.39. The van der Waals surface area contributed by atoms with E-state index in [9.17, 15) is 4.79 Å². The van der Waals surface area contributed by atoms with Crippen LogP contribution in [-0.2, 0) is 0 Å². The molecule has 3 aromatic rings. The van der Waals surface area contributed by atoms with E-state index in [1.807, 2.05) is 19.1 Å². The molecule has 2 aromatic carbocycles. The van der Waals surface area contributed by atoms with Crippen LogP contribution in [0.1, 0.15) is 5.69 Å². The van der Waals surface area contributed by atoms with Gasteiger partial charge in [0.05, 0.1) is 11.4 Å². The molecular weight excluding hydrogens is 298 g/mol. The van der Waals surface area contributed by atoms with Crippen molar-refractivity contribution in [3.05, 3.63) is 75.7 Å². The number of aryl methyl sites for hydroxylation is 1. The van der Waals surface area contributed by atoms with E-state index in [1.165, 1.54) is 4.68 Å². The molecule has 0 saturated carbocycles. The highest BCUT2D eigenvalue weighted by Crippen LogP contribution is 2.22. The van der Waals surface area contributed by atoms with Crippen LogP contribution in [0.4, 0.5) is 5.69 Å². The molecule has 0 atom stereocenters. The predicted molar refractivity (Wildman–Crippen MR) is 89.4 cm³/mol. The van der Waals surface area contributed by atoms with Crippen LogP contribution in [0.2, 0.25) is 5.02 Å². The van der Waals surface area contributed by atoms with Crippen LogP contribution >= 0.6 is 11.6 Å². The highest BCUT2D eigenvalue weighted by atomic mass is 35.5. The minimum absolute atomic E-state index is 0.207. The molecule has 0 spiro atoms. The van der Waals surface area contributed by atoms with Gasteiger partial charge in [0.2, 0.25) is 0 Å². The number of anilines is 1. The number of hydrogen-bond donors (Lipinski definition) is 1. The molecule has 0 aliphatic heterocycles. The summed E-state index contributed by atoms with van der Waals surface area (Å²) in [5.41, 5.74) is 9.25. The van der Waals surface area contributed by atoms with Crippen molar-refractivity contribution in [2.24, 2.45) is 0 Å². The maximum atomic E-state index is 12.4. The summed E-state index contributed by atoms with van der Waals surface area (Å²) in [4.78, 5) is 12.4. The first-order valence-electron chi connectivity index (χ1n) is 6.77. The Morgan fingerprint density at radius 3 is 2.50 bits per heavy atom. The van der Waals surface area contributed by atoms with Gasteiger partial charge in [0.15, 0.2) is 0 Å². The summed E-state index contributed by atoms with van der Waals surface area (Å²) in [5.74, 6) is 0. The standard InChI is InChI=1S/C17H14ClN3O/c1-11-16(12-5-7-13(18)8-6-12)10-17(22)21(20-11)15-4-2-3-14(19)9-15/h2-10H,19H2,1H3. The fraction of sp³-hybridized carbons (Fsp3) is 0.0588. The summed E-state index contributed by atoms with van der Waals surface area (Å²) in [7, 11) is 0. The van der Waals surface area contributed by atoms with Crippen molar-refractivity contribution in [3.63, 3.8) is 0 Å². The summed E-state index contributed by atoms with van der Waals surface area (Å²) < 4.78 is 1.35. The molecule has 3 rings (SSSR count). The molecule has 22 heavy (non-hydrogen) atoms. The van der Waals surface area contributed by atoms with E-state index in [1.54, 1.807) is 42.5 Å². The Hall–Kier alpha value is -2.59. The van der Waals surface area contributed by atoms with Crippen molar-refractivity contribution in [2.45, 2.75) is 6.92 Å². The first kappa shape index (κ1) is 14.4. The monoisotopic (exact) mass is 311 g/mol. The molecule has 1 aromatic heterocycles. The Labute approximate surface area is 132 Å². The van der Waals surface area contributed by atoms with Gasteiger partial charge in [-0.05, 0) is 42.8 Å². The number of aromatic nitrogens is 2. The van der Waals surface area contributed by atoms with Gasteiger partial charge in [-0.25, -0.2) is 0 Å². The number of benzene rings is 2. The quantitative estimate of drug-likeness (QED) is 0.737. The fourth-order valence-corrected chi connectivity index (χ4v) is 2.43. The van der Waals surface area contributed by atoms with Gasteiger partial charge < -0.3 is 5.73 Å². The van der Waals surface area contributed by atoms with Crippen molar-refractivity contribution in [2.75, 3.05) is 5.73 Å². The van der Waals surface area contributed by atoms with E-state index < -0.39 is 0 Å². The molecule has 0 amide bonds. The molecule has 0 aliphatic rings. The van der Waals surface area contributed by atoms with E-state index >= 15 is 0 Å². The Morgan fingerprint density at radius 1 is 1.09 bits per heavy atom. The van der Waals surface area contributed by atoms with Crippen molar-refractivity contribution < 1.29 is 0 Å². The molecule has 2 N–H and O–H groups in total. The van der Waals surface area contributed by atoms with E-state index in [2.05, 4.69) is 5.10 Å². The van der Waals surface area contributed by atoms with Crippen LogP contribution in [0.3, 0.4) is 0 Å². The van der Waals surface area contributed by atoms with E-state index in [-0.39, 0.29) is 5.56 Å². The molecule has 5 heteroatoms. The predicted octanol–water partition coefficient (Wildman–Crippen LogP) is 3.44. The Kier molecular flexibility index (Phi) is 3.69. The second-order valence-corrected chi connectivity index (χ2v) is 5.43. The summed E-state index contributed by atoms with van der Waals surface area (Å²) >= 11 is 5.90. The Balaban J connectivity index is 2.13. The van der Waals surface area contributed by atoms with Crippen LogP contribution in [0, 0.1) is 6.92 Å². The average Bonchev–Trinajstić information content (AvgIpc) is 2.50. The van der Waals surface area contributed by atoms with E-state index in [0.29, 0.717) is 16.4 Å². The van der Waals surface area contributed by atoms with Gasteiger partial charge >= 0.3 is 0 Å². The van der Waals surface area contributed by atoms with Crippen molar-refractivity contribution >= 4 is 17.3 Å². The van der Waals surface area contributed by atoms with Gasteiger partial charge in [-0.1, -0.05) is 29.8 Å². The van der Waals surface area contributed by atoms with E-state index in [4.69, 9.17) is 17.3 Å². The minimum Gasteiger partial charge on any atom is -0.399 e. The molecule has 110 valence electrons. The maximum absolute atomic E-state index is 12.4. The first-order chi connectivity index (χ1) is 10.5. The molecule has 0 fully saturated rings. The Bertz CT molecular complexity index is 885. The number of nitrogen functional groups attached to an aromatic ring is 1. The lowest BCUT2D eigenvalue weighted by atomic mass is 10.1. The number of nitrogens with two attached hydrogens (primary N) is 1. The van der Waals surface area contributed by atoms with Crippen LogP contribution in [0.15, 0.2) is 59.4 Å². The fourth-order valence-electron chi connectivity index (χ4n) is 2.31. The summed E-state index contributed by atoms with van der Waals surface area (Å²) in [6.45, 7) is 1.87. The van der Waals surface area contributed by atoms with Crippen LogP contribution in [0.25, 0.3) is 16.8 Å². The second-order valence-electron chi connectivity index (χ2n) is 5.00. The van der Waals surface area contributed by atoms with E-state index in [0.717, 1.165) is 16.8 Å². The third kappa shape index (κ3) is 2.73. The number of nitrogens with zero attached hydrogens (tertiary/aromatic N) is 2. The smallest absolute Gasteiger partial charge is 0.272 e. The molecule has 4 nitrogen and oxygen atoms in total. The van der Waals surface area contributed by atoms with Gasteiger partial charge in [0, 0.05) is 22.3 Å². The number of halogens is 1. The largest absolute Gasteiger partial charge is 0.399 e. The van der Waals surface area contributed by atoms with Crippen molar-refractivity contribution in [1.82, 2.24) is 9.78 Å². The van der Waals surface area contributed by atoms with Crippen molar-refractivity contribution in [3.8, 4) is 16.8 Å². The molecule has 0 aliphatic carbocycles. The van der Waals surface area contributed by atoms with Gasteiger partial charge in [0.25, 0.3) is 5.56 Å². The lowest BCUT2D eigenvalue weighted by Crippen LogP contribution is -2.21. The van der Waals surface area contributed by atoms with Crippen molar-refractivity contribution in [1.29, 1.82) is 0 Å². The summed E-state index contributed by atoms with van der Waals surface area (Å²) in [6, 6.07) is 16.0. The first-order valence-corrected chi connectivity index (χ1v) is 7.15. The normalized spacial score (nSPS) is 10.6. The summed E-state index contributed by atoms with van der Waals surface area (Å²) in [5, 5.41) is 5.05. The number of hydrogen-bond acceptors (Lipinski definition) is 3. The average molecular weight is 312 g/mol. The number of rotatable bonds is 2. The topological polar surface area (TPSA) is 60.9 Å². The SMILES string of the molecule is Cc1nn(-c2cccc(N)c2)c(=O)cc1-c1ccc(Cl)cc1.